The maximum Gasteiger partial charge on any atom is 0.238 e. The zero-order valence-corrected chi connectivity index (χ0v) is 12.0. The van der Waals surface area contributed by atoms with Crippen LogP contribution in [0.1, 0.15) is 6.92 Å². The first-order chi connectivity index (χ1) is 9.69. The number of anilines is 1. The van der Waals surface area contributed by atoms with Gasteiger partial charge in [0, 0.05) is 24.8 Å². The summed E-state index contributed by atoms with van der Waals surface area (Å²) in [5.41, 5.74) is 0.734. The van der Waals surface area contributed by atoms with E-state index in [0.717, 1.165) is 11.4 Å². The molecule has 4 nitrogen and oxygen atoms in total. The maximum atomic E-state index is 12.0. The molecule has 1 N–H and O–H groups in total. The van der Waals surface area contributed by atoms with E-state index in [4.69, 9.17) is 4.74 Å². The molecule has 0 saturated heterocycles. The van der Waals surface area contributed by atoms with Crippen LogP contribution < -0.4 is 10.1 Å². The lowest BCUT2D eigenvalue weighted by molar-refractivity contribution is -0.117. The summed E-state index contributed by atoms with van der Waals surface area (Å²) >= 11 is 0. The highest BCUT2D eigenvalue weighted by molar-refractivity contribution is 5.92. The van der Waals surface area contributed by atoms with E-state index in [9.17, 15) is 4.79 Å². The van der Waals surface area contributed by atoms with Gasteiger partial charge in [-0.05, 0) is 19.1 Å². The molecule has 0 unspecified atom stereocenters. The smallest absolute Gasteiger partial charge is 0.238 e. The van der Waals surface area contributed by atoms with Crippen LogP contribution in [0.3, 0.4) is 0 Å². The highest BCUT2D eigenvalue weighted by Crippen LogP contribution is 2.17. The van der Waals surface area contributed by atoms with Gasteiger partial charge in [-0.3, -0.25) is 9.69 Å². The van der Waals surface area contributed by atoms with E-state index in [1.165, 1.54) is 0 Å². The first-order valence-corrected chi connectivity index (χ1v) is 6.66. The number of ether oxygens (including phenoxy) is 1. The highest BCUT2D eigenvalue weighted by Gasteiger charge is 2.08. The van der Waals surface area contributed by atoms with Gasteiger partial charge in [-0.15, -0.1) is 13.2 Å². The molecule has 0 aliphatic carbocycles. The minimum absolute atomic E-state index is 0.0673. The topological polar surface area (TPSA) is 41.6 Å². The number of carbonyl (C=O) groups excluding carboxylic acids is 1. The molecule has 0 radical (unpaired) electrons. The minimum Gasteiger partial charge on any atom is -0.494 e. The number of benzene rings is 1. The monoisotopic (exact) mass is 274 g/mol. The molecule has 0 spiro atoms. The zero-order valence-electron chi connectivity index (χ0n) is 12.0. The van der Waals surface area contributed by atoms with Crippen molar-refractivity contribution in [1.82, 2.24) is 4.90 Å². The van der Waals surface area contributed by atoms with Crippen molar-refractivity contribution in [3.05, 3.63) is 49.6 Å². The Bertz CT molecular complexity index is 448. The lowest BCUT2D eigenvalue weighted by atomic mass is 10.3. The van der Waals surface area contributed by atoms with Crippen LogP contribution in [0.4, 0.5) is 5.69 Å². The van der Waals surface area contributed by atoms with E-state index >= 15 is 0 Å². The summed E-state index contributed by atoms with van der Waals surface area (Å²) in [5.74, 6) is 0.682. The largest absolute Gasteiger partial charge is 0.494 e. The van der Waals surface area contributed by atoms with Crippen molar-refractivity contribution >= 4 is 11.6 Å². The second-order valence-electron chi connectivity index (χ2n) is 4.28. The Morgan fingerprint density at radius 1 is 1.35 bits per heavy atom. The van der Waals surface area contributed by atoms with Gasteiger partial charge in [0.15, 0.2) is 0 Å². The van der Waals surface area contributed by atoms with Gasteiger partial charge in [0.25, 0.3) is 0 Å². The van der Waals surface area contributed by atoms with Crippen LogP contribution in [0.15, 0.2) is 49.6 Å². The Labute approximate surface area is 120 Å². The first-order valence-electron chi connectivity index (χ1n) is 6.66. The van der Waals surface area contributed by atoms with Crippen LogP contribution in [0.2, 0.25) is 0 Å². The number of carbonyl (C=O) groups is 1. The van der Waals surface area contributed by atoms with Gasteiger partial charge in [-0.2, -0.15) is 0 Å². The third-order valence-electron chi connectivity index (χ3n) is 2.57. The van der Waals surface area contributed by atoms with E-state index in [1.807, 2.05) is 36.1 Å². The van der Waals surface area contributed by atoms with Gasteiger partial charge in [0.1, 0.15) is 5.75 Å². The molecule has 0 aromatic heterocycles. The average Bonchev–Trinajstić information content (AvgIpc) is 2.40. The summed E-state index contributed by atoms with van der Waals surface area (Å²) in [6.07, 6.45) is 3.54. The summed E-state index contributed by atoms with van der Waals surface area (Å²) < 4.78 is 5.40. The molecule has 108 valence electrons. The molecule has 0 aliphatic heterocycles. The summed E-state index contributed by atoms with van der Waals surface area (Å²) in [5, 5.41) is 2.86. The standard InChI is InChI=1S/C16H22N2O2/c1-4-10-18(11-5-2)13-16(19)17-14-8-7-9-15(12-14)20-6-3/h4-5,7-9,12H,1-2,6,10-11,13H2,3H3,(H,17,19). The van der Waals surface area contributed by atoms with Crippen LogP contribution in [0, 0.1) is 0 Å². The lowest BCUT2D eigenvalue weighted by Crippen LogP contribution is -2.33. The molecule has 0 heterocycles. The fourth-order valence-corrected chi connectivity index (χ4v) is 1.80. The van der Waals surface area contributed by atoms with E-state index < -0.39 is 0 Å². The average molecular weight is 274 g/mol. The van der Waals surface area contributed by atoms with Gasteiger partial charge in [0.2, 0.25) is 5.91 Å². The number of nitrogens with one attached hydrogen (secondary N) is 1. The van der Waals surface area contributed by atoms with Crippen LogP contribution in [-0.2, 0) is 4.79 Å². The van der Waals surface area contributed by atoms with E-state index in [-0.39, 0.29) is 5.91 Å². The molecule has 0 aliphatic rings. The molecule has 0 saturated carbocycles. The molecule has 1 aromatic carbocycles. The summed E-state index contributed by atoms with van der Waals surface area (Å²) in [6.45, 7) is 11.5. The molecular formula is C16H22N2O2. The Kier molecular flexibility index (Phi) is 7.14. The van der Waals surface area contributed by atoms with Crippen molar-refractivity contribution < 1.29 is 9.53 Å². The molecule has 0 fully saturated rings. The second-order valence-corrected chi connectivity index (χ2v) is 4.28. The quantitative estimate of drug-likeness (QED) is 0.704. The Balaban J connectivity index is 2.58. The molecular weight excluding hydrogens is 252 g/mol. The van der Waals surface area contributed by atoms with Gasteiger partial charge in [-0.25, -0.2) is 0 Å². The molecule has 20 heavy (non-hydrogen) atoms. The van der Waals surface area contributed by atoms with E-state index in [1.54, 1.807) is 12.2 Å². The number of nitrogens with zero attached hydrogens (tertiary/aromatic N) is 1. The third kappa shape index (κ3) is 5.71. The Morgan fingerprint density at radius 3 is 2.65 bits per heavy atom. The SMILES string of the molecule is C=CCN(CC=C)CC(=O)Nc1cccc(OCC)c1. The van der Waals surface area contributed by atoms with Crippen molar-refractivity contribution in [3.8, 4) is 5.75 Å². The predicted molar refractivity (Wildman–Crippen MR) is 83.1 cm³/mol. The van der Waals surface area contributed by atoms with E-state index in [0.29, 0.717) is 26.2 Å². The summed E-state index contributed by atoms with van der Waals surface area (Å²) in [6, 6.07) is 7.37. The molecule has 1 aromatic rings. The fraction of sp³-hybridized carbons (Fsp3) is 0.312. The van der Waals surface area contributed by atoms with Gasteiger partial charge in [0.05, 0.1) is 13.2 Å². The minimum atomic E-state index is -0.0673. The van der Waals surface area contributed by atoms with Crippen molar-refractivity contribution in [2.75, 3.05) is 31.6 Å². The Morgan fingerprint density at radius 2 is 2.05 bits per heavy atom. The lowest BCUT2D eigenvalue weighted by Gasteiger charge is -2.18. The molecule has 1 rings (SSSR count). The normalized spacial score (nSPS) is 10.1. The van der Waals surface area contributed by atoms with Crippen LogP contribution in [0.5, 0.6) is 5.75 Å². The third-order valence-corrected chi connectivity index (χ3v) is 2.57. The summed E-state index contributed by atoms with van der Waals surface area (Å²) in [7, 11) is 0. The van der Waals surface area contributed by atoms with Crippen molar-refractivity contribution in [3.63, 3.8) is 0 Å². The molecule has 0 atom stereocenters. The number of rotatable bonds is 9. The van der Waals surface area contributed by atoms with Crippen LogP contribution >= 0.6 is 0 Å². The predicted octanol–water partition coefficient (Wildman–Crippen LogP) is 2.70. The Hall–Kier alpha value is -2.07. The maximum absolute atomic E-state index is 12.0. The number of hydrogen-bond donors (Lipinski definition) is 1. The van der Waals surface area contributed by atoms with Crippen molar-refractivity contribution in [1.29, 1.82) is 0 Å². The van der Waals surface area contributed by atoms with Gasteiger partial charge in [-0.1, -0.05) is 18.2 Å². The van der Waals surface area contributed by atoms with Crippen LogP contribution in [-0.4, -0.2) is 37.0 Å². The van der Waals surface area contributed by atoms with Crippen molar-refractivity contribution in [2.45, 2.75) is 6.92 Å². The first kappa shape index (κ1) is 16.0. The van der Waals surface area contributed by atoms with Crippen molar-refractivity contribution in [2.24, 2.45) is 0 Å². The van der Waals surface area contributed by atoms with Gasteiger partial charge < -0.3 is 10.1 Å². The van der Waals surface area contributed by atoms with E-state index in [2.05, 4.69) is 18.5 Å². The fourth-order valence-electron chi connectivity index (χ4n) is 1.80. The zero-order chi connectivity index (χ0) is 14.8. The number of amides is 1. The second kappa shape index (κ2) is 8.93. The van der Waals surface area contributed by atoms with Crippen LogP contribution in [0.25, 0.3) is 0 Å². The molecule has 4 heteroatoms. The number of hydrogen-bond acceptors (Lipinski definition) is 3. The van der Waals surface area contributed by atoms with Gasteiger partial charge >= 0.3 is 0 Å². The summed E-state index contributed by atoms with van der Waals surface area (Å²) in [4.78, 5) is 13.9. The molecule has 1 amide bonds. The molecule has 0 bridgehead atoms. The highest BCUT2D eigenvalue weighted by atomic mass is 16.5.